The van der Waals surface area contributed by atoms with E-state index in [0.29, 0.717) is 10.8 Å². The molecule has 1 aromatic carbocycles. The number of thioether (sulfide) groups is 1. The van der Waals surface area contributed by atoms with Gasteiger partial charge < -0.3 is 0 Å². The van der Waals surface area contributed by atoms with Gasteiger partial charge in [-0.15, -0.1) is 0 Å². The lowest BCUT2D eigenvalue weighted by molar-refractivity contribution is 0.897. The molecule has 0 saturated heterocycles. The summed E-state index contributed by atoms with van der Waals surface area (Å²) in [6, 6.07) is 9.60. The normalized spacial score (nSPS) is 10.0. The first-order chi connectivity index (χ1) is 7.81. The van der Waals surface area contributed by atoms with Gasteiger partial charge in [-0.3, -0.25) is 4.57 Å². The van der Waals surface area contributed by atoms with E-state index in [-0.39, 0.29) is 0 Å². The van der Waals surface area contributed by atoms with E-state index in [1.54, 1.807) is 6.20 Å². The fourth-order valence-corrected chi connectivity index (χ4v) is 2.13. The van der Waals surface area contributed by atoms with Gasteiger partial charge in [-0.1, -0.05) is 29.4 Å². The van der Waals surface area contributed by atoms with Crippen LogP contribution in [0.15, 0.2) is 41.8 Å². The van der Waals surface area contributed by atoms with Crippen molar-refractivity contribution in [3.05, 3.63) is 41.7 Å². The highest BCUT2D eigenvalue weighted by Gasteiger charge is 2.05. The minimum atomic E-state index is 0.386. The molecule has 2 aromatic rings. The third-order valence-corrected chi connectivity index (χ3v) is 3.03. The van der Waals surface area contributed by atoms with Crippen LogP contribution in [0, 0.1) is 11.3 Å². The molecule has 16 heavy (non-hydrogen) atoms. The highest BCUT2D eigenvalue weighted by Crippen LogP contribution is 2.21. The molecule has 0 spiro atoms. The molecule has 0 amide bonds. The van der Waals surface area contributed by atoms with Crippen LogP contribution in [-0.4, -0.2) is 15.3 Å². The fourth-order valence-electron chi connectivity index (χ4n) is 1.32. The third kappa shape index (κ3) is 2.38. The van der Waals surface area contributed by atoms with Crippen LogP contribution in [0.2, 0.25) is 5.02 Å². The quantitative estimate of drug-likeness (QED) is 0.785. The van der Waals surface area contributed by atoms with Gasteiger partial charge in [0.15, 0.2) is 5.16 Å². The number of rotatable bonds is 3. The van der Waals surface area contributed by atoms with E-state index in [4.69, 9.17) is 16.9 Å². The van der Waals surface area contributed by atoms with Crippen molar-refractivity contribution in [3.63, 3.8) is 0 Å². The summed E-state index contributed by atoms with van der Waals surface area (Å²) in [5.74, 6) is 0.386. The van der Waals surface area contributed by atoms with Crippen LogP contribution in [0.4, 0.5) is 0 Å². The zero-order chi connectivity index (χ0) is 11.4. The minimum absolute atomic E-state index is 0.386. The second-order valence-electron chi connectivity index (χ2n) is 3.01. The average molecular weight is 250 g/mol. The van der Waals surface area contributed by atoms with Crippen LogP contribution in [0.25, 0.3) is 5.69 Å². The Balaban J connectivity index is 2.34. The first-order valence-electron chi connectivity index (χ1n) is 4.60. The molecular formula is C11H8ClN3S. The Labute approximate surface area is 103 Å². The van der Waals surface area contributed by atoms with Crippen LogP contribution in [0.3, 0.4) is 0 Å². The van der Waals surface area contributed by atoms with E-state index in [9.17, 15) is 0 Å². The Morgan fingerprint density at radius 3 is 3.12 bits per heavy atom. The lowest BCUT2D eigenvalue weighted by Gasteiger charge is -2.06. The Hall–Kier alpha value is -1.44. The molecule has 0 radical (unpaired) electrons. The van der Waals surface area contributed by atoms with Crippen molar-refractivity contribution in [2.24, 2.45) is 0 Å². The van der Waals surface area contributed by atoms with Crippen molar-refractivity contribution in [3.8, 4) is 11.8 Å². The largest absolute Gasteiger partial charge is 0.295 e. The van der Waals surface area contributed by atoms with Gasteiger partial charge in [0.25, 0.3) is 0 Å². The van der Waals surface area contributed by atoms with Crippen LogP contribution in [-0.2, 0) is 0 Å². The molecule has 0 unspecified atom stereocenters. The number of nitrogens with zero attached hydrogens (tertiary/aromatic N) is 3. The lowest BCUT2D eigenvalue weighted by atomic mass is 10.3. The first kappa shape index (κ1) is 11.1. The first-order valence-corrected chi connectivity index (χ1v) is 5.96. The number of nitriles is 1. The summed E-state index contributed by atoms with van der Waals surface area (Å²) >= 11 is 7.33. The van der Waals surface area contributed by atoms with Crippen molar-refractivity contribution in [2.75, 3.05) is 5.75 Å². The zero-order valence-electron chi connectivity index (χ0n) is 8.30. The van der Waals surface area contributed by atoms with Crippen LogP contribution in [0.5, 0.6) is 0 Å². The Bertz CT molecular complexity index is 530. The lowest BCUT2D eigenvalue weighted by Crippen LogP contribution is -1.94. The second-order valence-corrected chi connectivity index (χ2v) is 4.39. The maximum atomic E-state index is 8.54. The Kier molecular flexibility index (Phi) is 3.50. The van der Waals surface area contributed by atoms with Crippen molar-refractivity contribution < 1.29 is 0 Å². The van der Waals surface area contributed by atoms with E-state index in [1.165, 1.54) is 11.8 Å². The molecule has 0 saturated carbocycles. The number of benzene rings is 1. The molecule has 5 heteroatoms. The van der Waals surface area contributed by atoms with Crippen LogP contribution >= 0.6 is 23.4 Å². The molecule has 3 nitrogen and oxygen atoms in total. The molecule has 0 fully saturated rings. The third-order valence-electron chi connectivity index (χ3n) is 1.96. The zero-order valence-corrected chi connectivity index (χ0v) is 9.87. The van der Waals surface area contributed by atoms with Crippen molar-refractivity contribution in [2.45, 2.75) is 5.16 Å². The number of halogens is 1. The molecule has 0 aliphatic heterocycles. The number of imidazole rings is 1. The number of aromatic nitrogens is 2. The standard InChI is InChI=1S/C11H8ClN3S/c12-9-2-1-3-10(8-9)15-6-5-14-11(15)16-7-4-13/h1-3,5-6,8H,7H2. The molecule has 1 aromatic heterocycles. The monoisotopic (exact) mass is 249 g/mol. The smallest absolute Gasteiger partial charge is 0.173 e. The maximum Gasteiger partial charge on any atom is 0.173 e. The van der Waals surface area contributed by atoms with Crippen molar-refractivity contribution >= 4 is 23.4 Å². The predicted molar refractivity (Wildman–Crippen MR) is 64.9 cm³/mol. The van der Waals surface area contributed by atoms with Gasteiger partial charge in [-0.25, -0.2) is 4.98 Å². The van der Waals surface area contributed by atoms with E-state index in [2.05, 4.69) is 11.1 Å². The van der Waals surface area contributed by atoms with E-state index in [1.807, 2.05) is 35.0 Å². The van der Waals surface area contributed by atoms with Gasteiger partial charge in [0.1, 0.15) is 0 Å². The number of hydrogen-bond donors (Lipinski definition) is 0. The number of hydrogen-bond acceptors (Lipinski definition) is 3. The molecule has 0 atom stereocenters. The highest BCUT2D eigenvalue weighted by atomic mass is 35.5. The van der Waals surface area contributed by atoms with Gasteiger partial charge in [-0.05, 0) is 18.2 Å². The molecule has 0 aliphatic rings. The topological polar surface area (TPSA) is 41.6 Å². The van der Waals surface area contributed by atoms with Crippen molar-refractivity contribution in [1.82, 2.24) is 9.55 Å². The van der Waals surface area contributed by atoms with Gasteiger partial charge >= 0.3 is 0 Å². The van der Waals surface area contributed by atoms with Gasteiger partial charge in [0.2, 0.25) is 0 Å². The summed E-state index contributed by atoms with van der Waals surface area (Å²) in [5, 5.41) is 10.0. The molecule has 2 rings (SSSR count). The van der Waals surface area contributed by atoms with Gasteiger partial charge in [-0.2, -0.15) is 5.26 Å². The van der Waals surface area contributed by atoms with Crippen molar-refractivity contribution in [1.29, 1.82) is 5.26 Å². The van der Waals surface area contributed by atoms with E-state index in [0.717, 1.165) is 10.8 Å². The Morgan fingerprint density at radius 1 is 1.50 bits per heavy atom. The average Bonchev–Trinajstić information content (AvgIpc) is 2.74. The van der Waals surface area contributed by atoms with Crippen LogP contribution in [0.1, 0.15) is 0 Å². The summed E-state index contributed by atoms with van der Waals surface area (Å²) < 4.78 is 1.91. The predicted octanol–water partition coefficient (Wildman–Crippen LogP) is 3.14. The molecule has 0 N–H and O–H groups in total. The SMILES string of the molecule is N#CCSc1nccn1-c1cccc(Cl)c1. The Morgan fingerprint density at radius 2 is 2.38 bits per heavy atom. The molecule has 1 heterocycles. The summed E-state index contributed by atoms with van der Waals surface area (Å²) in [5.41, 5.74) is 0.949. The van der Waals surface area contributed by atoms with E-state index >= 15 is 0 Å². The molecule has 0 bridgehead atoms. The highest BCUT2D eigenvalue weighted by molar-refractivity contribution is 7.99. The molecule has 80 valence electrons. The second kappa shape index (κ2) is 5.06. The minimum Gasteiger partial charge on any atom is -0.295 e. The molecular weight excluding hydrogens is 242 g/mol. The summed E-state index contributed by atoms with van der Waals surface area (Å²) in [4.78, 5) is 4.19. The van der Waals surface area contributed by atoms with Crippen LogP contribution < -0.4 is 0 Å². The summed E-state index contributed by atoms with van der Waals surface area (Å²) in [6.07, 6.45) is 3.56. The van der Waals surface area contributed by atoms with Gasteiger partial charge in [0, 0.05) is 23.1 Å². The van der Waals surface area contributed by atoms with E-state index < -0.39 is 0 Å². The molecule has 0 aliphatic carbocycles. The summed E-state index contributed by atoms with van der Waals surface area (Å²) in [6.45, 7) is 0. The maximum absolute atomic E-state index is 8.54. The fraction of sp³-hybridized carbons (Fsp3) is 0.0909. The van der Waals surface area contributed by atoms with Gasteiger partial charge in [0.05, 0.1) is 11.8 Å². The summed E-state index contributed by atoms with van der Waals surface area (Å²) in [7, 11) is 0.